The zero-order valence-corrected chi connectivity index (χ0v) is 17.7. The maximum atomic E-state index is 8.68. The fraction of sp³-hybridized carbons (Fsp3) is 0.947. The normalized spacial score (nSPS) is 26.6. The Morgan fingerprint density at radius 2 is 0.923 bits per heavy atom. The summed E-state index contributed by atoms with van der Waals surface area (Å²) in [6.07, 6.45) is 7.26. The number of hydrogen-bond acceptors (Lipinski definition) is 4. The highest BCUT2D eigenvalue weighted by Gasteiger charge is 2.53. The van der Waals surface area contributed by atoms with Crippen LogP contribution in [0.4, 0.5) is 0 Å². The number of hydrogen-bond donors (Lipinski definition) is 2. The maximum absolute atomic E-state index is 8.68. The first-order valence-corrected chi connectivity index (χ1v) is 10.4. The molecule has 0 aromatic rings. The van der Waals surface area contributed by atoms with Gasteiger partial charge in [0.25, 0.3) is 0 Å². The molecule has 0 aliphatic carbocycles. The second-order valence-electron chi connectivity index (χ2n) is 8.86. The third kappa shape index (κ3) is 4.20. The summed E-state index contributed by atoms with van der Waals surface area (Å²) in [6.45, 7) is 13.3. The Bertz CT molecular complexity index is 394. The lowest BCUT2D eigenvalue weighted by molar-refractivity contribution is -1.15. The van der Waals surface area contributed by atoms with E-state index in [-0.39, 0.29) is 12.4 Å². The Labute approximate surface area is 166 Å². The second kappa shape index (κ2) is 9.20. The second-order valence-corrected chi connectivity index (χ2v) is 8.86. The van der Waals surface area contributed by atoms with Crippen molar-refractivity contribution in [3.8, 4) is 0 Å². The molecule has 0 aromatic heterocycles. The van der Waals surface area contributed by atoms with Crippen LogP contribution in [-0.2, 0) is 0 Å². The molecular formula is C19H39ClN6. The van der Waals surface area contributed by atoms with Crippen LogP contribution >= 0.6 is 0 Å². The van der Waals surface area contributed by atoms with Crippen LogP contribution in [0, 0.1) is 23.2 Å². The summed E-state index contributed by atoms with van der Waals surface area (Å²) in [5.74, 6) is 2.65. The van der Waals surface area contributed by atoms with Gasteiger partial charge in [0, 0.05) is 0 Å². The monoisotopic (exact) mass is 386 g/mol. The zero-order valence-electron chi connectivity index (χ0n) is 17.0. The minimum atomic E-state index is 0. The van der Waals surface area contributed by atoms with Crippen molar-refractivity contribution in [2.75, 3.05) is 39.3 Å². The van der Waals surface area contributed by atoms with E-state index in [1.54, 1.807) is 0 Å². The molecule has 3 saturated heterocycles. The van der Waals surface area contributed by atoms with Gasteiger partial charge in [-0.2, -0.15) is 0 Å². The van der Waals surface area contributed by atoms with Gasteiger partial charge in [-0.15, -0.1) is 15.0 Å². The average Bonchev–Trinajstić information content (AvgIpc) is 2.60. The molecule has 3 aliphatic heterocycles. The van der Waals surface area contributed by atoms with Gasteiger partial charge >= 0.3 is 5.96 Å². The van der Waals surface area contributed by atoms with E-state index in [0.29, 0.717) is 10.8 Å². The first-order valence-electron chi connectivity index (χ1n) is 10.4. The molecule has 0 unspecified atom stereocenters. The number of nitrogens with two attached hydrogens (primary N) is 1. The summed E-state index contributed by atoms with van der Waals surface area (Å²) in [7, 11) is 0. The molecule has 0 saturated carbocycles. The standard InChI is InChI=1S/C19H39N6.ClH/c1-16-4-10-22(11-5-16)25(19(20)21,23-12-6-17(2)7-13-23)24-14-8-18(3)9-15-24;/h16-18H,4-15H2,1-3H3,(H3,20,21);1H/q+1;/p-1. The number of quaternary nitrogens is 1. The molecular weight excluding hydrogens is 348 g/mol. The lowest BCUT2D eigenvalue weighted by Gasteiger charge is -2.56. The molecule has 152 valence electrons. The number of nitrogens with zero attached hydrogens (tertiary/aromatic N) is 4. The Balaban J connectivity index is 0.00000243. The third-order valence-electron chi connectivity index (χ3n) is 6.79. The quantitative estimate of drug-likeness (QED) is 0.395. The Morgan fingerprint density at radius 1 is 0.692 bits per heavy atom. The van der Waals surface area contributed by atoms with E-state index in [1.807, 2.05) is 0 Å². The predicted molar refractivity (Wildman–Crippen MR) is 102 cm³/mol. The van der Waals surface area contributed by atoms with Crippen molar-refractivity contribution in [3.05, 3.63) is 0 Å². The molecule has 0 bridgehead atoms. The highest BCUT2D eigenvalue weighted by Crippen LogP contribution is 2.33. The highest BCUT2D eigenvalue weighted by molar-refractivity contribution is 5.66. The van der Waals surface area contributed by atoms with Crippen LogP contribution in [0.25, 0.3) is 0 Å². The van der Waals surface area contributed by atoms with Gasteiger partial charge in [0.1, 0.15) is 0 Å². The minimum Gasteiger partial charge on any atom is -1.00 e. The number of halogens is 1. The molecule has 3 heterocycles. The van der Waals surface area contributed by atoms with Crippen LogP contribution in [0.3, 0.4) is 0 Å². The molecule has 3 N–H and O–H groups in total. The lowest BCUT2D eigenvalue weighted by atomic mass is 9.99. The van der Waals surface area contributed by atoms with Gasteiger partial charge in [0.2, 0.25) is 0 Å². The van der Waals surface area contributed by atoms with Crippen molar-refractivity contribution in [1.29, 1.82) is 5.41 Å². The Hall–Kier alpha value is -0.400. The van der Waals surface area contributed by atoms with Crippen LogP contribution < -0.4 is 18.1 Å². The van der Waals surface area contributed by atoms with Crippen LogP contribution in [0.1, 0.15) is 59.3 Å². The molecule has 0 amide bonds. The highest BCUT2D eigenvalue weighted by atomic mass is 35.5. The lowest BCUT2D eigenvalue weighted by Crippen LogP contribution is -3.00. The summed E-state index contributed by atoms with van der Waals surface area (Å²) in [5, 5.41) is 16.2. The minimum absolute atomic E-state index is 0. The number of guanidine groups is 1. The Kier molecular flexibility index (Phi) is 7.74. The summed E-state index contributed by atoms with van der Waals surface area (Å²) >= 11 is 0. The van der Waals surface area contributed by atoms with Crippen molar-refractivity contribution < 1.29 is 17.2 Å². The van der Waals surface area contributed by atoms with Crippen LogP contribution in [0.2, 0.25) is 0 Å². The molecule has 0 aromatic carbocycles. The van der Waals surface area contributed by atoms with Gasteiger partial charge in [-0.05, 0) is 61.1 Å². The summed E-state index contributed by atoms with van der Waals surface area (Å²) in [6, 6.07) is 0. The van der Waals surface area contributed by atoms with E-state index in [4.69, 9.17) is 11.1 Å². The van der Waals surface area contributed by atoms with Crippen LogP contribution in [0.5, 0.6) is 0 Å². The van der Waals surface area contributed by atoms with E-state index in [0.717, 1.165) is 57.0 Å². The number of nitrogens with one attached hydrogen (secondary N) is 1. The zero-order chi connectivity index (χ0) is 18.0. The van der Waals surface area contributed by atoms with Gasteiger partial charge in [-0.3, -0.25) is 0 Å². The molecule has 7 heteroatoms. The van der Waals surface area contributed by atoms with E-state index < -0.39 is 0 Å². The van der Waals surface area contributed by atoms with Gasteiger partial charge in [0.05, 0.1) is 39.3 Å². The van der Waals surface area contributed by atoms with Crippen molar-refractivity contribution in [1.82, 2.24) is 15.0 Å². The van der Waals surface area contributed by atoms with Crippen LogP contribution in [-0.4, -0.2) is 65.1 Å². The van der Waals surface area contributed by atoms with Gasteiger partial charge in [0.15, 0.2) is 0 Å². The van der Waals surface area contributed by atoms with E-state index >= 15 is 0 Å². The first-order chi connectivity index (χ1) is 11.9. The number of piperidine rings is 3. The van der Waals surface area contributed by atoms with Crippen molar-refractivity contribution >= 4 is 5.96 Å². The van der Waals surface area contributed by atoms with Gasteiger partial charge in [-0.25, -0.2) is 5.41 Å². The maximum Gasteiger partial charge on any atom is 0.353 e. The van der Waals surface area contributed by atoms with Crippen molar-refractivity contribution in [2.24, 2.45) is 23.5 Å². The molecule has 3 aliphatic rings. The summed E-state index contributed by atoms with van der Waals surface area (Å²) in [5.41, 5.74) is 6.40. The van der Waals surface area contributed by atoms with Crippen LogP contribution in [0.15, 0.2) is 0 Å². The molecule has 3 rings (SSSR count). The third-order valence-corrected chi connectivity index (χ3v) is 6.79. The molecule has 0 spiro atoms. The molecule has 6 nitrogen and oxygen atoms in total. The fourth-order valence-electron chi connectivity index (χ4n) is 4.82. The van der Waals surface area contributed by atoms with E-state index in [2.05, 4.69) is 35.8 Å². The molecule has 0 atom stereocenters. The largest absolute Gasteiger partial charge is 1.00 e. The first kappa shape index (κ1) is 21.9. The molecule has 3 fully saturated rings. The number of rotatable bonds is 3. The topological polar surface area (TPSA) is 59.6 Å². The fourth-order valence-corrected chi connectivity index (χ4v) is 4.82. The summed E-state index contributed by atoms with van der Waals surface area (Å²) < 4.78 is 0. The average molecular weight is 387 g/mol. The van der Waals surface area contributed by atoms with Gasteiger partial charge in [-0.1, -0.05) is 20.8 Å². The summed E-state index contributed by atoms with van der Waals surface area (Å²) in [4.78, 5) is 0.395. The Morgan fingerprint density at radius 3 is 1.12 bits per heavy atom. The molecule has 26 heavy (non-hydrogen) atoms. The van der Waals surface area contributed by atoms with Crippen molar-refractivity contribution in [2.45, 2.75) is 59.3 Å². The van der Waals surface area contributed by atoms with Gasteiger partial charge < -0.3 is 18.1 Å². The van der Waals surface area contributed by atoms with E-state index in [9.17, 15) is 0 Å². The predicted octanol–water partition coefficient (Wildman–Crippen LogP) is -0.359. The van der Waals surface area contributed by atoms with Crippen molar-refractivity contribution in [3.63, 3.8) is 0 Å². The molecule has 0 radical (unpaired) electrons. The SMILES string of the molecule is CC1CCN([N+](C(=N)N)(N2CCC(C)CC2)N2CCC(C)CC2)CC1.[Cl-]. The van der Waals surface area contributed by atoms with E-state index in [1.165, 1.54) is 38.5 Å². The smallest absolute Gasteiger partial charge is 0.353 e.